The van der Waals surface area contributed by atoms with Crippen LogP contribution in [0.15, 0.2) is 54.6 Å². The summed E-state index contributed by atoms with van der Waals surface area (Å²) < 4.78 is 3.08. The van der Waals surface area contributed by atoms with Gasteiger partial charge in [-0.25, -0.2) is 0 Å². The van der Waals surface area contributed by atoms with E-state index in [0.29, 0.717) is 22.2 Å². The lowest BCUT2D eigenvalue weighted by Gasteiger charge is -2.08. The van der Waals surface area contributed by atoms with Crippen molar-refractivity contribution in [2.75, 3.05) is 21.6 Å². The van der Waals surface area contributed by atoms with Gasteiger partial charge in [-0.15, -0.1) is 0 Å². The van der Waals surface area contributed by atoms with E-state index in [2.05, 4.69) is 25.6 Å². The highest BCUT2D eigenvalue weighted by Crippen LogP contribution is 2.24. The van der Waals surface area contributed by atoms with Crippen molar-refractivity contribution in [3.05, 3.63) is 65.3 Å². The molecule has 2 aromatic carbocycles. The van der Waals surface area contributed by atoms with Crippen LogP contribution in [0.25, 0.3) is 0 Å². The first kappa shape index (κ1) is 17.2. The third kappa shape index (κ3) is 4.68. The van der Waals surface area contributed by atoms with Gasteiger partial charge in [-0.2, -0.15) is 5.10 Å². The number of carbonyl (C=O) groups excluding carboxylic acids is 1. The van der Waals surface area contributed by atoms with Crippen molar-refractivity contribution in [2.24, 2.45) is 0 Å². The minimum absolute atomic E-state index is 0.300. The van der Waals surface area contributed by atoms with Crippen LogP contribution >= 0.6 is 23.5 Å². The Hall–Kier alpha value is -2.64. The maximum atomic E-state index is 12.4. The number of amides is 1. The Morgan fingerprint density at radius 1 is 1.08 bits per heavy atom. The van der Waals surface area contributed by atoms with Gasteiger partial charge in [0.05, 0.1) is 0 Å². The largest absolute Gasteiger partial charge is 0.339 e. The summed E-state index contributed by atoms with van der Waals surface area (Å²) >= 11 is 7.52. The highest BCUT2D eigenvalue weighted by atomic mass is 35.5. The summed E-state index contributed by atoms with van der Waals surface area (Å²) in [5, 5.41) is 13.3. The summed E-state index contributed by atoms with van der Waals surface area (Å²) in [5.74, 6) is 0.262. The van der Waals surface area contributed by atoms with Gasteiger partial charge in [0.15, 0.2) is 5.82 Å². The lowest BCUT2D eigenvalue weighted by atomic mass is 10.2. The van der Waals surface area contributed by atoms with Gasteiger partial charge in [0.1, 0.15) is 5.69 Å². The molecule has 6 nitrogen and oxygen atoms in total. The first-order chi connectivity index (χ1) is 12.1. The monoisotopic (exact) mass is 373 g/mol. The number of hydrogen-bond acceptors (Lipinski definition) is 5. The van der Waals surface area contributed by atoms with Crippen LogP contribution in [0.4, 0.5) is 22.9 Å². The lowest BCUT2D eigenvalue weighted by molar-refractivity contribution is 0.102. The Morgan fingerprint density at radius 3 is 2.60 bits per heavy atom. The number of nitrogens with one attached hydrogen (secondary N) is 4. The van der Waals surface area contributed by atoms with Crippen molar-refractivity contribution in [1.82, 2.24) is 10.2 Å². The normalized spacial score (nSPS) is 10.3. The van der Waals surface area contributed by atoms with Crippen LogP contribution in [0.1, 0.15) is 10.5 Å². The Labute approximate surface area is 154 Å². The predicted molar refractivity (Wildman–Crippen MR) is 105 cm³/mol. The van der Waals surface area contributed by atoms with Gasteiger partial charge in [-0.3, -0.25) is 9.89 Å². The lowest BCUT2D eigenvalue weighted by Crippen LogP contribution is -2.12. The predicted octanol–water partition coefficient (Wildman–Crippen LogP) is 4.75. The molecule has 25 heavy (non-hydrogen) atoms. The van der Waals surface area contributed by atoms with Crippen molar-refractivity contribution in [2.45, 2.75) is 0 Å². The molecule has 0 saturated heterocycles. The van der Waals surface area contributed by atoms with Crippen molar-refractivity contribution in [1.29, 1.82) is 0 Å². The average Bonchev–Trinajstić information content (AvgIpc) is 3.04. The van der Waals surface area contributed by atoms with Crippen LogP contribution < -0.4 is 15.4 Å². The fourth-order valence-electron chi connectivity index (χ4n) is 2.21. The molecule has 0 spiro atoms. The fraction of sp³-hybridized carbons (Fsp3) is 0.0588. The fourth-order valence-corrected chi connectivity index (χ4v) is 2.80. The zero-order valence-corrected chi connectivity index (χ0v) is 14.9. The Kier molecular flexibility index (Phi) is 5.47. The van der Waals surface area contributed by atoms with E-state index in [1.54, 1.807) is 24.3 Å². The van der Waals surface area contributed by atoms with E-state index in [-0.39, 0.29) is 5.91 Å². The number of aromatic amines is 1. The highest BCUT2D eigenvalue weighted by Gasteiger charge is 2.11. The smallest absolute Gasteiger partial charge is 0.273 e. The number of anilines is 4. The van der Waals surface area contributed by atoms with Gasteiger partial charge in [-0.05, 0) is 30.3 Å². The molecule has 0 aliphatic carbocycles. The van der Waals surface area contributed by atoms with E-state index in [4.69, 9.17) is 11.6 Å². The second-order valence-corrected chi connectivity index (χ2v) is 6.20. The minimum atomic E-state index is -0.300. The summed E-state index contributed by atoms with van der Waals surface area (Å²) in [4.78, 5) is 12.4. The standard InChI is InChI=1S/C17H16ClN5OS/c1-25-23-14-8-11(18)7-13(9-14)20-17(24)15-10-16(22-21-15)19-12-5-3-2-4-6-12/h2-10,23H,1H3,(H,20,24)(H2,19,21,22). The van der Waals surface area contributed by atoms with Crippen molar-refractivity contribution < 1.29 is 4.79 Å². The molecule has 128 valence electrons. The number of benzene rings is 2. The molecule has 4 N–H and O–H groups in total. The molecule has 8 heteroatoms. The highest BCUT2D eigenvalue weighted by molar-refractivity contribution is 7.99. The van der Waals surface area contributed by atoms with E-state index in [1.807, 2.05) is 36.6 Å². The van der Waals surface area contributed by atoms with Crippen molar-refractivity contribution >= 4 is 52.3 Å². The summed E-state index contributed by atoms with van der Waals surface area (Å²) in [6.45, 7) is 0. The summed E-state index contributed by atoms with van der Waals surface area (Å²) in [6.07, 6.45) is 1.91. The SMILES string of the molecule is CSNc1cc(Cl)cc(NC(=O)c2cc(Nc3ccccc3)n[nH]2)c1. The second-order valence-electron chi connectivity index (χ2n) is 5.15. The van der Waals surface area contributed by atoms with Gasteiger partial charge in [0.2, 0.25) is 0 Å². The molecular formula is C17H16ClN5OS. The number of para-hydroxylation sites is 1. The van der Waals surface area contributed by atoms with Crippen LogP contribution in [0.3, 0.4) is 0 Å². The molecule has 3 aromatic rings. The van der Waals surface area contributed by atoms with E-state index >= 15 is 0 Å². The topological polar surface area (TPSA) is 81.8 Å². The second kappa shape index (κ2) is 7.96. The molecule has 1 aromatic heterocycles. The Balaban J connectivity index is 1.70. The number of H-pyrrole nitrogens is 1. The first-order valence-corrected chi connectivity index (χ1v) is 9.03. The molecule has 1 amide bonds. The number of hydrogen-bond donors (Lipinski definition) is 4. The number of carbonyl (C=O) groups is 1. The number of halogens is 1. The molecule has 1 heterocycles. The van der Waals surface area contributed by atoms with E-state index in [0.717, 1.165) is 11.4 Å². The van der Waals surface area contributed by atoms with Crippen molar-refractivity contribution in [3.63, 3.8) is 0 Å². The molecule has 3 rings (SSSR count). The van der Waals surface area contributed by atoms with E-state index in [1.165, 1.54) is 11.9 Å². The molecule has 0 saturated carbocycles. The third-order valence-corrected chi connectivity index (χ3v) is 3.90. The molecular weight excluding hydrogens is 358 g/mol. The van der Waals surface area contributed by atoms with E-state index < -0.39 is 0 Å². The van der Waals surface area contributed by atoms with Gasteiger partial charge in [0, 0.05) is 34.4 Å². The quantitative estimate of drug-likeness (QED) is 0.469. The van der Waals surface area contributed by atoms with Crippen LogP contribution in [-0.2, 0) is 0 Å². The maximum absolute atomic E-state index is 12.4. The molecule has 0 atom stereocenters. The summed E-state index contributed by atoms with van der Waals surface area (Å²) in [6, 6.07) is 16.5. The number of aromatic nitrogens is 2. The molecule has 0 bridgehead atoms. The Bertz CT molecular complexity index is 868. The van der Waals surface area contributed by atoms with Crippen LogP contribution in [0, 0.1) is 0 Å². The van der Waals surface area contributed by atoms with E-state index in [9.17, 15) is 4.79 Å². The van der Waals surface area contributed by atoms with Crippen LogP contribution in [0.5, 0.6) is 0 Å². The molecule has 0 unspecified atom stereocenters. The van der Waals surface area contributed by atoms with Gasteiger partial charge < -0.3 is 15.4 Å². The maximum Gasteiger partial charge on any atom is 0.273 e. The minimum Gasteiger partial charge on any atom is -0.339 e. The van der Waals surface area contributed by atoms with Crippen LogP contribution in [0.2, 0.25) is 5.02 Å². The molecule has 0 aliphatic rings. The van der Waals surface area contributed by atoms with Gasteiger partial charge in [-0.1, -0.05) is 41.7 Å². The first-order valence-electron chi connectivity index (χ1n) is 7.42. The van der Waals surface area contributed by atoms with Gasteiger partial charge in [0.25, 0.3) is 5.91 Å². The summed E-state index contributed by atoms with van der Waals surface area (Å²) in [5.41, 5.74) is 2.65. The van der Waals surface area contributed by atoms with Crippen LogP contribution in [-0.4, -0.2) is 22.4 Å². The number of nitrogens with zero attached hydrogens (tertiary/aromatic N) is 1. The third-order valence-electron chi connectivity index (χ3n) is 3.24. The number of rotatable bonds is 6. The zero-order valence-electron chi connectivity index (χ0n) is 13.3. The average molecular weight is 374 g/mol. The Morgan fingerprint density at radius 2 is 1.84 bits per heavy atom. The molecule has 0 radical (unpaired) electrons. The van der Waals surface area contributed by atoms with Gasteiger partial charge >= 0.3 is 0 Å². The summed E-state index contributed by atoms with van der Waals surface area (Å²) in [7, 11) is 0. The zero-order chi connectivity index (χ0) is 17.6. The molecule has 0 fully saturated rings. The van der Waals surface area contributed by atoms with Crippen molar-refractivity contribution in [3.8, 4) is 0 Å². The molecule has 0 aliphatic heterocycles.